The summed E-state index contributed by atoms with van der Waals surface area (Å²) in [5.41, 5.74) is 3.22. The van der Waals surface area contributed by atoms with Crippen molar-refractivity contribution in [3.8, 4) is 17.1 Å². The van der Waals surface area contributed by atoms with E-state index in [0.717, 1.165) is 60.0 Å². The Morgan fingerprint density at radius 2 is 1.97 bits per heavy atom. The van der Waals surface area contributed by atoms with Gasteiger partial charge in [0.15, 0.2) is 5.82 Å². The Labute approximate surface area is 169 Å². The third-order valence-corrected chi connectivity index (χ3v) is 5.41. The minimum absolute atomic E-state index is 0.156. The molecule has 1 N–H and O–H groups in total. The van der Waals surface area contributed by atoms with Gasteiger partial charge < -0.3 is 14.6 Å². The van der Waals surface area contributed by atoms with Crippen LogP contribution in [0.4, 0.5) is 5.69 Å². The molecule has 0 radical (unpaired) electrons. The van der Waals surface area contributed by atoms with Crippen LogP contribution in [0.2, 0.25) is 0 Å². The molecule has 1 aromatic heterocycles. The number of hydrogen-bond donors (Lipinski definition) is 1. The second kappa shape index (κ2) is 7.54. The maximum absolute atomic E-state index is 12.8. The fourth-order valence-corrected chi connectivity index (χ4v) is 3.89. The summed E-state index contributed by atoms with van der Waals surface area (Å²) in [6, 6.07) is 15.5. The van der Waals surface area contributed by atoms with E-state index in [1.165, 1.54) is 6.42 Å². The predicted molar refractivity (Wildman–Crippen MR) is 112 cm³/mol. The van der Waals surface area contributed by atoms with Crippen molar-refractivity contribution >= 4 is 17.7 Å². The summed E-state index contributed by atoms with van der Waals surface area (Å²) < 4.78 is 7.91. The smallest absolute Gasteiger partial charge is 0.255 e. The summed E-state index contributed by atoms with van der Waals surface area (Å²) in [6.07, 6.45) is 6.38. The van der Waals surface area contributed by atoms with Gasteiger partial charge in [0.2, 0.25) is 0 Å². The molecule has 0 fully saturated rings. The molecule has 2 aliphatic heterocycles. The maximum Gasteiger partial charge on any atom is 0.255 e. The Morgan fingerprint density at radius 1 is 1.03 bits per heavy atom. The first kappa shape index (κ1) is 17.7. The number of amides is 1. The SMILES string of the molecule is O=C(Nc1cccc(-c2nnc3n2CCCCC3)c1)C1=Cc2ccccc2OC1. The van der Waals surface area contributed by atoms with Crippen LogP contribution in [0.3, 0.4) is 0 Å². The first-order valence-corrected chi connectivity index (χ1v) is 10.0. The van der Waals surface area contributed by atoms with Crippen molar-refractivity contribution in [2.24, 2.45) is 0 Å². The molecule has 6 heteroatoms. The van der Waals surface area contributed by atoms with E-state index in [1.54, 1.807) is 0 Å². The van der Waals surface area contributed by atoms with Crippen LogP contribution in [0.1, 0.15) is 30.7 Å². The summed E-state index contributed by atoms with van der Waals surface area (Å²) in [5.74, 6) is 2.57. The fourth-order valence-electron chi connectivity index (χ4n) is 3.89. The number of benzene rings is 2. The van der Waals surface area contributed by atoms with Gasteiger partial charge in [0.05, 0.1) is 5.57 Å². The van der Waals surface area contributed by atoms with E-state index in [4.69, 9.17) is 4.74 Å². The van der Waals surface area contributed by atoms with Crippen molar-refractivity contribution < 1.29 is 9.53 Å². The first-order valence-electron chi connectivity index (χ1n) is 10.0. The van der Waals surface area contributed by atoms with Gasteiger partial charge in [-0.05, 0) is 37.1 Å². The van der Waals surface area contributed by atoms with Crippen LogP contribution in [0.15, 0.2) is 54.1 Å². The predicted octanol–water partition coefficient (Wildman–Crippen LogP) is 4.09. The standard InChI is InChI=1S/C23H22N4O2/c28-23(18-13-16-7-3-4-10-20(16)29-15-18)24-19-9-6-8-17(14-19)22-26-25-21-11-2-1-5-12-27(21)22/h3-4,6-10,13-14H,1-2,5,11-12,15H2,(H,24,28). The summed E-state index contributed by atoms with van der Waals surface area (Å²) in [4.78, 5) is 12.8. The second-order valence-corrected chi connectivity index (χ2v) is 7.43. The van der Waals surface area contributed by atoms with Gasteiger partial charge in [-0.2, -0.15) is 0 Å². The fraction of sp³-hybridized carbons (Fsp3) is 0.261. The van der Waals surface area contributed by atoms with E-state index < -0.39 is 0 Å². The molecule has 0 bridgehead atoms. The largest absolute Gasteiger partial charge is 0.488 e. The lowest BCUT2D eigenvalue weighted by Gasteiger charge is -2.17. The molecule has 0 saturated carbocycles. The highest BCUT2D eigenvalue weighted by Gasteiger charge is 2.19. The van der Waals surface area contributed by atoms with Gasteiger partial charge in [-0.25, -0.2) is 0 Å². The number of fused-ring (bicyclic) bond motifs is 2. The third-order valence-electron chi connectivity index (χ3n) is 5.41. The van der Waals surface area contributed by atoms with Crippen molar-refractivity contribution in [2.75, 3.05) is 11.9 Å². The molecule has 29 heavy (non-hydrogen) atoms. The van der Waals surface area contributed by atoms with Crippen molar-refractivity contribution in [1.82, 2.24) is 14.8 Å². The number of carbonyl (C=O) groups excluding carboxylic acids is 1. The van der Waals surface area contributed by atoms with Gasteiger partial charge >= 0.3 is 0 Å². The molecule has 146 valence electrons. The Kier molecular flexibility index (Phi) is 4.60. The second-order valence-electron chi connectivity index (χ2n) is 7.43. The average molecular weight is 386 g/mol. The molecule has 0 saturated heterocycles. The van der Waals surface area contributed by atoms with E-state index >= 15 is 0 Å². The zero-order valence-electron chi connectivity index (χ0n) is 16.1. The monoisotopic (exact) mass is 386 g/mol. The number of ether oxygens (including phenoxy) is 1. The molecular weight excluding hydrogens is 364 g/mol. The number of carbonyl (C=O) groups is 1. The minimum atomic E-state index is -0.156. The van der Waals surface area contributed by atoms with Crippen molar-refractivity contribution in [1.29, 1.82) is 0 Å². The zero-order chi connectivity index (χ0) is 19.6. The molecule has 0 unspecified atom stereocenters. The first-order chi connectivity index (χ1) is 14.3. The Morgan fingerprint density at radius 3 is 2.93 bits per heavy atom. The van der Waals surface area contributed by atoms with E-state index in [0.29, 0.717) is 5.57 Å². The summed E-state index contributed by atoms with van der Waals surface area (Å²) in [7, 11) is 0. The molecule has 0 aliphatic carbocycles. The van der Waals surface area contributed by atoms with Crippen LogP contribution in [0.5, 0.6) is 5.75 Å². The number of anilines is 1. The van der Waals surface area contributed by atoms with Crippen LogP contribution >= 0.6 is 0 Å². The van der Waals surface area contributed by atoms with E-state index in [-0.39, 0.29) is 12.5 Å². The quantitative estimate of drug-likeness (QED) is 0.736. The average Bonchev–Trinajstić information content (AvgIpc) is 3.02. The maximum atomic E-state index is 12.8. The molecule has 3 aromatic rings. The van der Waals surface area contributed by atoms with Gasteiger partial charge in [-0.3, -0.25) is 4.79 Å². The van der Waals surface area contributed by atoms with Crippen LogP contribution in [0.25, 0.3) is 17.5 Å². The number of rotatable bonds is 3. The van der Waals surface area contributed by atoms with Gasteiger partial charge in [-0.1, -0.05) is 36.8 Å². The summed E-state index contributed by atoms with van der Waals surface area (Å²) in [5, 5.41) is 11.8. The minimum Gasteiger partial charge on any atom is -0.488 e. The van der Waals surface area contributed by atoms with Crippen LogP contribution in [-0.2, 0) is 17.8 Å². The van der Waals surface area contributed by atoms with Gasteiger partial charge in [0.1, 0.15) is 18.2 Å². The molecule has 5 rings (SSSR count). The highest BCUT2D eigenvalue weighted by atomic mass is 16.5. The zero-order valence-corrected chi connectivity index (χ0v) is 16.1. The lowest BCUT2D eigenvalue weighted by atomic mass is 10.1. The summed E-state index contributed by atoms with van der Waals surface area (Å²) in [6.45, 7) is 1.21. The lowest BCUT2D eigenvalue weighted by molar-refractivity contribution is -0.113. The van der Waals surface area contributed by atoms with Gasteiger partial charge in [0, 0.05) is 29.8 Å². The Bertz CT molecular complexity index is 1100. The molecular formula is C23H22N4O2. The van der Waals surface area contributed by atoms with Crippen molar-refractivity contribution in [3.05, 3.63) is 65.5 Å². The lowest BCUT2D eigenvalue weighted by Crippen LogP contribution is -2.21. The number of para-hydroxylation sites is 1. The van der Waals surface area contributed by atoms with Crippen molar-refractivity contribution in [3.63, 3.8) is 0 Å². The number of aryl methyl sites for hydroxylation is 1. The van der Waals surface area contributed by atoms with Crippen LogP contribution < -0.4 is 10.1 Å². The highest BCUT2D eigenvalue weighted by Crippen LogP contribution is 2.28. The van der Waals surface area contributed by atoms with Gasteiger partial charge in [0.25, 0.3) is 5.91 Å². The molecule has 6 nitrogen and oxygen atoms in total. The molecule has 0 atom stereocenters. The highest BCUT2D eigenvalue weighted by molar-refractivity contribution is 6.07. The van der Waals surface area contributed by atoms with Crippen LogP contribution in [-0.4, -0.2) is 27.3 Å². The Hall–Kier alpha value is -3.41. The van der Waals surface area contributed by atoms with Crippen molar-refractivity contribution in [2.45, 2.75) is 32.2 Å². The molecule has 1 amide bonds. The number of hydrogen-bond acceptors (Lipinski definition) is 4. The summed E-state index contributed by atoms with van der Waals surface area (Å²) >= 11 is 0. The molecule has 2 aliphatic rings. The molecule has 0 spiro atoms. The number of nitrogens with one attached hydrogen (secondary N) is 1. The topological polar surface area (TPSA) is 69.0 Å². The normalized spacial score (nSPS) is 15.4. The van der Waals surface area contributed by atoms with E-state index in [1.807, 2.05) is 54.6 Å². The molecule has 3 heterocycles. The Balaban J connectivity index is 1.38. The van der Waals surface area contributed by atoms with Gasteiger partial charge in [-0.15, -0.1) is 10.2 Å². The number of nitrogens with zero attached hydrogens (tertiary/aromatic N) is 3. The van der Waals surface area contributed by atoms with E-state index in [2.05, 4.69) is 20.1 Å². The van der Waals surface area contributed by atoms with Crippen LogP contribution in [0, 0.1) is 0 Å². The molecule has 2 aromatic carbocycles. The third kappa shape index (κ3) is 3.53. The number of aromatic nitrogens is 3. The van der Waals surface area contributed by atoms with E-state index in [9.17, 15) is 4.79 Å².